The first-order valence-corrected chi connectivity index (χ1v) is 18.0. The molecule has 0 atom stereocenters. The summed E-state index contributed by atoms with van der Waals surface area (Å²) in [5.41, 5.74) is 4.67. The average Bonchev–Trinajstić information content (AvgIpc) is 3.18. The highest BCUT2D eigenvalue weighted by Crippen LogP contribution is 2.41. The van der Waals surface area contributed by atoms with E-state index in [1.54, 1.807) is 36.4 Å². The van der Waals surface area contributed by atoms with Crippen molar-refractivity contribution in [2.45, 2.75) is 83.0 Å². The molecular formula is C42H48O9. The van der Waals surface area contributed by atoms with Crippen molar-refractivity contribution in [1.29, 1.82) is 0 Å². The molecule has 0 spiro atoms. The minimum absolute atomic E-state index is 0.0995. The summed E-state index contributed by atoms with van der Waals surface area (Å²) in [5.74, 6) is -0.272. The molecule has 3 aliphatic carbocycles. The third kappa shape index (κ3) is 11.6. The molecule has 0 amide bonds. The lowest BCUT2D eigenvalue weighted by Gasteiger charge is -2.36. The molecule has 0 radical (unpaired) electrons. The molecule has 0 heterocycles. The summed E-state index contributed by atoms with van der Waals surface area (Å²) in [6.07, 6.45) is 14.4. The van der Waals surface area contributed by atoms with E-state index in [2.05, 4.69) is 0 Å². The van der Waals surface area contributed by atoms with Crippen molar-refractivity contribution in [2.24, 2.45) is 29.6 Å². The second-order valence-corrected chi connectivity index (χ2v) is 14.1. The number of carbonyl (C=O) groups is 6. The van der Waals surface area contributed by atoms with Crippen molar-refractivity contribution in [3.8, 4) is 11.1 Å². The van der Waals surface area contributed by atoms with E-state index in [4.69, 9.17) is 15.3 Å². The van der Waals surface area contributed by atoms with E-state index in [1.165, 1.54) is 18.4 Å². The van der Waals surface area contributed by atoms with Crippen LogP contribution in [-0.4, -0.2) is 52.1 Å². The van der Waals surface area contributed by atoms with Gasteiger partial charge in [-0.3, -0.25) is 19.2 Å². The molecule has 9 nitrogen and oxygen atoms in total. The van der Waals surface area contributed by atoms with E-state index in [1.807, 2.05) is 36.4 Å². The van der Waals surface area contributed by atoms with Crippen molar-refractivity contribution in [2.75, 3.05) is 0 Å². The van der Waals surface area contributed by atoms with Gasteiger partial charge in [0.2, 0.25) is 0 Å². The quantitative estimate of drug-likeness (QED) is 0.186. The Morgan fingerprint density at radius 2 is 0.882 bits per heavy atom. The molecule has 3 aliphatic rings. The van der Waals surface area contributed by atoms with Crippen LogP contribution in [0, 0.1) is 29.6 Å². The fourth-order valence-corrected chi connectivity index (χ4v) is 7.67. The maximum Gasteiger partial charge on any atom is 0.335 e. The maximum atomic E-state index is 10.9. The number of benzene rings is 3. The number of aldehydes is 3. The van der Waals surface area contributed by atoms with Crippen LogP contribution in [-0.2, 0) is 14.4 Å². The second-order valence-electron chi connectivity index (χ2n) is 14.1. The number of hydrogen-bond acceptors (Lipinski definition) is 6. The van der Waals surface area contributed by atoms with Gasteiger partial charge in [-0.05, 0) is 124 Å². The first kappa shape index (κ1) is 38.9. The van der Waals surface area contributed by atoms with Crippen LogP contribution < -0.4 is 0 Å². The highest BCUT2D eigenvalue weighted by Gasteiger charge is 2.32. The van der Waals surface area contributed by atoms with Crippen LogP contribution in [0.5, 0.6) is 0 Å². The molecule has 270 valence electrons. The lowest BCUT2D eigenvalue weighted by Crippen LogP contribution is -2.28. The summed E-state index contributed by atoms with van der Waals surface area (Å²) in [6.45, 7) is 0. The van der Waals surface area contributed by atoms with Gasteiger partial charge in [0.25, 0.3) is 0 Å². The van der Waals surface area contributed by atoms with Crippen LogP contribution in [0.2, 0.25) is 0 Å². The van der Waals surface area contributed by atoms with Crippen LogP contribution in [0.25, 0.3) is 11.1 Å². The topological polar surface area (TPSA) is 163 Å². The van der Waals surface area contributed by atoms with Gasteiger partial charge in [0.1, 0.15) is 18.9 Å². The van der Waals surface area contributed by atoms with Crippen molar-refractivity contribution >= 4 is 36.8 Å². The number of hydrogen-bond donors (Lipinski definition) is 3. The van der Waals surface area contributed by atoms with Crippen molar-refractivity contribution in [3.63, 3.8) is 0 Å². The van der Waals surface area contributed by atoms with Gasteiger partial charge in [0.15, 0.2) is 0 Å². The molecule has 0 aromatic heterocycles. The fourth-order valence-electron chi connectivity index (χ4n) is 7.67. The van der Waals surface area contributed by atoms with Gasteiger partial charge in [-0.25, -0.2) is 4.79 Å². The molecule has 3 fully saturated rings. The average molecular weight is 697 g/mol. The molecule has 9 heteroatoms. The molecule has 3 aromatic rings. The van der Waals surface area contributed by atoms with Gasteiger partial charge < -0.3 is 20.1 Å². The van der Waals surface area contributed by atoms with Crippen LogP contribution >= 0.6 is 0 Å². The van der Waals surface area contributed by atoms with E-state index < -0.39 is 17.9 Å². The Kier molecular flexibility index (Phi) is 14.8. The number of aliphatic carboxylic acids is 2. The summed E-state index contributed by atoms with van der Waals surface area (Å²) in [6, 6.07) is 21.4. The normalized spacial score (nSPS) is 24.2. The first-order valence-electron chi connectivity index (χ1n) is 18.0. The lowest BCUT2D eigenvalue weighted by atomic mass is 9.69. The Morgan fingerprint density at radius 1 is 0.490 bits per heavy atom. The zero-order valence-electron chi connectivity index (χ0n) is 28.9. The minimum Gasteiger partial charge on any atom is -0.481 e. The highest BCUT2D eigenvalue weighted by atomic mass is 16.4. The summed E-state index contributed by atoms with van der Waals surface area (Å²) in [5, 5.41) is 26.7. The van der Waals surface area contributed by atoms with Gasteiger partial charge in [-0.2, -0.15) is 0 Å². The molecule has 0 saturated heterocycles. The fraction of sp³-hybridized carbons (Fsp3) is 0.429. The van der Waals surface area contributed by atoms with Crippen LogP contribution in [0.4, 0.5) is 0 Å². The Balaban J connectivity index is 0.000000172. The summed E-state index contributed by atoms with van der Waals surface area (Å²) in [7, 11) is 0. The molecule has 51 heavy (non-hydrogen) atoms. The highest BCUT2D eigenvalue weighted by molar-refractivity contribution is 5.88. The van der Waals surface area contributed by atoms with E-state index in [-0.39, 0.29) is 17.4 Å². The molecule has 6 rings (SSSR count). The zero-order chi connectivity index (χ0) is 36.8. The SMILES string of the molecule is O=CC1CCC(C2CCC(C(=O)O)CC2)CC1.O=Cc1ccc(-c2ccc(C(=O)O)cc2)cc1.O=Cc1ccc(C2CCC(C(=O)O)CC2)cc1. The Labute approximate surface area is 299 Å². The maximum absolute atomic E-state index is 10.9. The number of carboxylic acids is 3. The van der Waals surface area contributed by atoms with E-state index in [0.29, 0.717) is 23.0 Å². The van der Waals surface area contributed by atoms with Crippen LogP contribution in [0.3, 0.4) is 0 Å². The van der Waals surface area contributed by atoms with E-state index in [9.17, 15) is 28.8 Å². The third-order valence-corrected chi connectivity index (χ3v) is 10.9. The van der Waals surface area contributed by atoms with Gasteiger partial charge in [0, 0.05) is 17.0 Å². The van der Waals surface area contributed by atoms with Gasteiger partial charge >= 0.3 is 17.9 Å². The molecule has 3 aromatic carbocycles. The standard InChI is InChI=1S/C14H22O3.C14H16O3.C14H10O3/c3*15-9-10-1-3-11(4-2-10)12-5-7-13(8-6-12)14(16)17/h9-13H,1-8H2,(H,16,17);1-4,9,12-13H,5-8H2,(H,16,17);1-9H,(H,16,17). The number of aromatic carboxylic acids is 1. The predicted octanol–water partition coefficient (Wildman–Crippen LogP) is 8.60. The summed E-state index contributed by atoms with van der Waals surface area (Å²) >= 11 is 0. The molecule has 3 saturated carbocycles. The lowest BCUT2D eigenvalue weighted by molar-refractivity contribution is -0.144. The van der Waals surface area contributed by atoms with Crippen molar-refractivity contribution < 1.29 is 44.1 Å². The number of rotatable bonds is 9. The van der Waals surface area contributed by atoms with Crippen LogP contribution in [0.15, 0.2) is 72.8 Å². The minimum atomic E-state index is -0.937. The summed E-state index contributed by atoms with van der Waals surface area (Å²) < 4.78 is 0. The van der Waals surface area contributed by atoms with Crippen molar-refractivity contribution in [1.82, 2.24) is 0 Å². The molecule has 3 N–H and O–H groups in total. The van der Waals surface area contributed by atoms with Crippen LogP contribution in [0.1, 0.15) is 120 Å². The smallest absolute Gasteiger partial charge is 0.335 e. The number of carbonyl (C=O) groups excluding carboxylic acids is 3. The zero-order valence-corrected chi connectivity index (χ0v) is 28.9. The van der Waals surface area contributed by atoms with E-state index >= 15 is 0 Å². The Hall–Kier alpha value is -4.92. The monoisotopic (exact) mass is 696 g/mol. The summed E-state index contributed by atoms with van der Waals surface area (Å²) in [4.78, 5) is 64.2. The third-order valence-electron chi connectivity index (χ3n) is 10.9. The number of carboxylic acid groups (broad SMARTS) is 3. The first-order chi connectivity index (χ1) is 24.6. The van der Waals surface area contributed by atoms with E-state index in [0.717, 1.165) is 106 Å². The second kappa shape index (κ2) is 19.5. The predicted molar refractivity (Wildman–Crippen MR) is 193 cm³/mol. The van der Waals surface area contributed by atoms with Gasteiger partial charge in [-0.15, -0.1) is 0 Å². The Morgan fingerprint density at radius 3 is 1.27 bits per heavy atom. The molecular weight excluding hydrogens is 648 g/mol. The van der Waals surface area contributed by atoms with Gasteiger partial charge in [-0.1, -0.05) is 60.7 Å². The molecule has 0 bridgehead atoms. The molecule has 0 aliphatic heterocycles. The largest absolute Gasteiger partial charge is 0.481 e. The van der Waals surface area contributed by atoms with Gasteiger partial charge in [0.05, 0.1) is 17.4 Å². The van der Waals surface area contributed by atoms with Crippen molar-refractivity contribution in [3.05, 3.63) is 95.1 Å². The molecule has 0 unspecified atom stereocenters. The Bertz CT molecular complexity index is 1590.